The van der Waals surface area contributed by atoms with Crippen molar-refractivity contribution in [3.63, 3.8) is 0 Å². The summed E-state index contributed by atoms with van der Waals surface area (Å²) in [5.41, 5.74) is 1.04. The Balaban J connectivity index is 1.86. The van der Waals surface area contributed by atoms with E-state index >= 15 is 0 Å². The quantitative estimate of drug-likeness (QED) is 0.684. The molecule has 0 saturated heterocycles. The van der Waals surface area contributed by atoms with E-state index in [1.807, 2.05) is 0 Å². The minimum absolute atomic E-state index is 0.241. The summed E-state index contributed by atoms with van der Waals surface area (Å²) in [6.45, 7) is 1.38. The van der Waals surface area contributed by atoms with Crippen molar-refractivity contribution in [3.05, 3.63) is 40.7 Å². The maximum atomic E-state index is 12.5. The number of fused-ring (bicyclic) bond motifs is 1. The Hall–Kier alpha value is -2.06. The highest BCUT2D eigenvalue weighted by Crippen LogP contribution is 2.36. The average Bonchev–Trinajstić information content (AvgIpc) is 2.90. The summed E-state index contributed by atoms with van der Waals surface area (Å²) in [4.78, 5) is 44.6. The molecule has 0 fully saturated rings. The first kappa shape index (κ1) is 14.9. The Morgan fingerprint density at radius 3 is 2.91 bits per heavy atom. The van der Waals surface area contributed by atoms with Gasteiger partial charge in [0.05, 0.1) is 10.6 Å². The number of thioether (sulfide) groups is 1. The zero-order valence-corrected chi connectivity index (χ0v) is 13.2. The minimum Gasteiger partial charge on any atom is -0.302 e. The average molecular weight is 333 g/mol. The Morgan fingerprint density at radius 2 is 2.23 bits per heavy atom. The number of hydrogen-bond donors (Lipinski definition) is 1. The molecule has 0 bridgehead atoms. The van der Waals surface area contributed by atoms with Crippen molar-refractivity contribution in [1.29, 1.82) is 0 Å². The van der Waals surface area contributed by atoms with Crippen molar-refractivity contribution < 1.29 is 14.4 Å². The molecule has 2 aromatic rings. The molecule has 0 aliphatic carbocycles. The highest BCUT2D eigenvalue weighted by atomic mass is 32.2. The molecule has 2 aromatic heterocycles. The van der Waals surface area contributed by atoms with Crippen molar-refractivity contribution in [2.45, 2.75) is 17.9 Å². The minimum atomic E-state index is -0.776. The van der Waals surface area contributed by atoms with Gasteiger partial charge in [0.1, 0.15) is 5.25 Å². The second-order valence-electron chi connectivity index (χ2n) is 4.64. The van der Waals surface area contributed by atoms with Gasteiger partial charge in [-0.15, -0.1) is 11.8 Å². The fourth-order valence-electron chi connectivity index (χ4n) is 2.06. The van der Waals surface area contributed by atoms with Crippen LogP contribution in [0.15, 0.2) is 24.5 Å². The molecule has 1 aliphatic rings. The smallest absolute Gasteiger partial charge is 0.223 e. The van der Waals surface area contributed by atoms with Gasteiger partial charge in [-0.2, -0.15) is 0 Å². The summed E-state index contributed by atoms with van der Waals surface area (Å²) >= 11 is 2.37. The Bertz CT molecular complexity index is 758. The molecule has 1 unspecified atom stereocenters. The number of carbonyl (C=O) groups is 3. The number of hydrogen-bond acceptors (Lipinski definition) is 7. The van der Waals surface area contributed by atoms with Crippen molar-refractivity contribution in [3.8, 4) is 0 Å². The Labute approximate surface area is 134 Å². The Kier molecular flexibility index (Phi) is 4.04. The van der Waals surface area contributed by atoms with Crippen LogP contribution < -0.4 is 5.32 Å². The van der Waals surface area contributed by atoms with Gasteiger partial charge in [-0.25, -0.2) is 4.98 Å². The number of anilines is 1. The van der Waals surface area contributed by atoms with E-state index in [4.69, 9.17) is 0 Å². The number of nitrogens with zero attached hydrogens (tertiary/aromatic N) is 2. The first-order valence-electron chi connectivity index (χ1n) is 6.43. The van der Waals surface area contributed by atoms with E-state index in [9.17, 15) is 14.4 Å². The van der Waals surface area contributed by atoms with Crippen LogP contribution in [0.1, 0.15) is 32.6 Å². The molecule has 22 heavy (non-hydrogen) atoms. The van der Waals surface area contributed by atoms with Crippen LogP contribution in [-0.4, -0.2) is 32.7 Å². The van der Waals surface area contributed by atoms with Gasteiger partial charge < -0.3 is 5.32 Å². The lowest BCUT2D eigenvalue weighted by Gasteiger charge is -2.18. The molecule has 112 valence electrons. The number of nitrogens with one attached hydrogen (secondary N) is 1. The summed E-state index contributed by atoms with van der Waals surface area (Å²) in [5, 5.41) is 2.18. The van der Waals surface area contributed by atoms with Crippen LogP contribution in [0.5, 0.6) is 0 Å². The summed E-state index contributed by atoms with van der Waals surface area (Å²) in [6.07, 6.45) is 3.04. The highest BCUT2D eigenvalue weighted by Gasteiger charge is 2.36. The lowest BCUT2D eigenvalue weighted by Crippen LogP contribution is -2.30. The summed E-state index contributed by atoms with van der Waals surface area (Å²) in [6, 6.07) is 3.31. The predicted molar refractivity (Wildman–Crippen MR) is 84.4 cm³/mol. The molecule has 1 amide bonds. The number of aromatic nitrogens is 2. The number of ketones is 2. The number of thiazole rings is 1. The molecule has 3 heterocycles. The van der Waals surface area contributed by atoms with Crippen LogP contribution in [0, 0.1) is 0 Å². The number of Topliss-reactive ketones (excluding diaryl/α,β-unsaturated/α-hetero) is 2. The first-order valence-corrected chi connectivity index (χ1v) is 8.30. The number of pyridine rings is 1. The first-order chi connectivity index (χ1) is 10.6. The fourth-order valence-corrected chi connectivity index (χ4v) is 4.31. The van der Waals surface area contributed by atoms with Crippen LogP contribution in [-0.2, 0) is 10.5 Å². The molecule has 3 rings (SSSR count). The van der Waals surface area contributed by atoms with E-state index in [2.05, 4.69) is 15.3 Å². The SMILES string of the molecule is CC(=O)Nc1nc2c(s1)C(=O)C(C(=O)c1cccnc1)SC2. The number of rotatable bonds is 3. The second kappa shape index (κ2) is 5.98. The van der Waals surface area contributed by atoms with Gasteiger partial charge >= 0.3 is 0 Å². The maximum absolute atomic E-state index is 12.5. The van der Waals surface area contributed by atoms with E-state index in [1.165, 1.54) is 24.9 Å². The number of carbonyl (C=O) groups excluding carboxylic acids is 3. The topological polar surface area (TPSA) is 89.0 Å². The van der Waals surface area contributed by atoms with Gasteiger partial charge in [-0.3, -0.25) is 19.4 Å². The van der Waals surface area contributed by atoms with Gasteiger partial charge in [0.2, 0.25) is 5.91 Å². The molecular formula is C14H11N3O3S2. The molecule has 0 spiro atoms. The maximum Gasteiger partial charge on any atom is 0.223 e. The number of amides is 1. The predicted octanol–water partition coefficient (Wildman–Crippen LogP) is 2.18. The fraction of sp³-hybridized carbons (Fsp3) is 0.214. The second-order valence-corrected chi connectivity index (χ2v) is 6.73. The summed E-state index contributed by atoms with van der Waals surface area (Å²) in [7, 11) is 0. The van der Waals surface area contributed by atoms with E-state index < -0.39 is 5.25 Å². The van der Waals surface area contributed by atoms with Crippen molar-refractivity contribution in [2.75, 3.05) is 5.32 Å². The third-order valence-corrected chi connectivity index (χ3v) is 5.24. The van der Waals surface area contributed by atoms with Gasteiger partial charge in [-0.05, 0) is 12.1 Å². The Morgan fingerprint density at radius 1 is 1.41 bits per heavy atom. The molecule has 1 atom stereocenters. The normalized spacial score (nSPS) is 17.0. The summed E-state index contributed by atoms with van der Waals surface area (Å²) < 4.78 is 0. The summed E-state index contributed by atoms with van der Waals surface area (Å²) in [5.74, 6) is -0.278. The molecule has 1 aliphatic heterocycles. The molecule has 8 heteroatoms. The van der Waals surface area contributed by atoms with Crippen LogP contribution >= 0.6 is 23.1 Å². The standard InChI is InChI=1S/C14H11N3O3S2/c1-7(18)16-14-17-9-6-21-13(11(20)12(9)22-14)10(19)8-3-2-4-15-5-8/h2-5,13H,6H2,1H3,(H,16,17,18). The van der Waals surface area contributed by atoms with Crippen molar-refractivity contribution in [1.82, 2.24) is 9.97 Å². The molecule has 1 N–H and O–H groups in total. The van der Waals surface area contributed by atoms with Gasteiger partial charge in [-0.1, -0.05) is 11.3 Å². The van der Waals surface area contributed by atoms with Gasteiger partial charge in [0.15, 0.2) is 16.7 Å². The lowest BCUT2D eigenvalue weighted by molar-refractivity contribution is -0.114. The largest absolute Gasteiger partial charge is 0.302 e. The zero-order chi connectivity index (χ0) is 15.7. The molecule has 0 aromatic carbocycles. The molecule has 0 radical (unpaired) electrons. The van der Waals surface area contributed by atoms with Crippen LogP contribution in [0.3, 0.4) is 0 Å². The van der Waals surface area contributed by atoms with E-state index in [0.29, 0.717) is 27.0 Å². The van der Waals surface area contributed by atoms with Gasteiger partial charge in [0.25, 0.3) is 0 Å². The molecular weight excluding hydrogens is 322 g/mol. The van der Waals surface area contributed by atoms with Crippen molar-refractivity contribution >= 4 is 45.7 Å². The van der Waals surface area contributed by atoms with E-state index in [1.54, 1.807) is 18.3 Å². The van der Waals surface area contributed by atoms with E-state index in [-0.39, 0.29) is 17.5 Å². The van der Waals surface area contributed by atoms with Crippen LogP contribution in [0.4, 0.5) is 5.13 Å². The van der Waals surface area contributed by atoms with Gasteiger partial charge in [0, 0.05) is 30.6 Å². The third kappa shape index (κ3) is 2.79. The van der Waals surface area contributed by atoms with Crippen LogP contribution in [0.25, 0.3) is 0 Å². The molecule has 6 nitrogen and oxygen atoms in total. The third-order valence-electron chi connectivity index (χ3n) is 3.01. The lowest BCUT2D eigenvalue weighted by atomic mass is 10.1. The van der Waals surface area contributed by atoms with Crippen LogP contribution in [0.2, 0.25) is 0 Å². The van der Waals surface area contributed by atoms with Crippen molar-refractivity contribution in [2.24, 2.45) is 0 Å². The molecule has 0 saturated carbocycles. The zero-order valence-electron chi connectivity index (χ0n) is 11.5. The van der Waals surface area contributed by atoms with E-state index in [0.717, 1.165) is 11.3 Å². The monoisotopic (exact) mass is 333 g/mol. The highest BCUT2D eigenvalue weighted by molar-refractivity contribution is 8.00.